The Morgan fingerprint density at radius 1 is 1.77 bits per heavy atom. The van der Waals surface area contributed by atoms with Crippen molar-refractivity contribution < 1.29 is 4.79 Å². The monoisotopic (exact) mass is 198 g/mol. The minimum atomic E-state index is -0.00731. The standard InChI is InChI=1S/C9H14N2OS/c1-7(4-5-10)9(12)11-8-3-2-6-13-8/h2-3,6-7H,4-5,10H2,1H3,(H,11,12). The average Bonchev–Trinajstić information content (AvgIpc) is 2.57. The van der Waals surface area contributed by atoms with E-state index in [0.29, 0.717) is 6.54 Å². The van der Waals surface area contributed by atoms with Gasteiger partial charge in [0, 0.05) is 5.92 Å². The van der Waals surface area contributed by atoms with Crippen molar-refractivity contribution in [2.45, 2.75) is 13.3 Å². The van der Waals surface area contributed by atoms with Crippen LogP contribution in [-0.4, -0.2) is 12.5 Å². The van der Waals surface area contributed by atoms with Crippen LogP contribution in [0.5, 0.6) is 0 Å². The maximum absolute atomic E-state index is 11.4. The van der Waals surface area contributed by atoms with Crippen molar-refractivity contribution in [1.82, 2.24) is 0 Å². The molecule has 4 heteroatoms. The molecule has 0 bridgehead atoms. The van der Waals surface area contributed by atoms with Gasteiger partial charge in [-0.05, 0) is 30.5 Å². The molecule has 3 nitrogen and oxygen atoms in total. The lowest BCUT2D eigenvalue weighted by Crippen LogP contribution is -2.22. The lowest BCUT2D eigenvalue weighted by atomic mass is 10.1. The van der Waals surface area contributed by atoms with Crippen LogP contribution in [0, 0.1) is 5.92 Å². The molecule has 3 N–H and O–H groups in total. The van der Waals surface area contributed by atoms with Gasteiger partial charge in [0.05, 0.1) is 5.00 Å². The van der Waals surface area contributed by atoms with Gasteiger partial charge in [0.15, 0.2) is 0 Å². The molecule has 13 heavy (non-hydrogen) atoms. The van der Waals surface area contributed by atoms with E-state index in [-0.39, 0.29) is 11.8 Å². The lowest BCUT2D eigenvalue weighted by molar-refractivity contribution is -0.119. The molecule has 0 saturated heterocycles. The van der Waals surface area contributed by atoms with E-state index in [1.54, 1.807) is 0 Å². The third-order valence-corrected chi connectivity index (χ3v) is 2.60. The first-order valence-corrected chi connectivity index (χ1v) is 5.16. The number of carbonyl (C=O) groups excluding carboxylic acids is 1. The third-order valence-electron chi connectivity index (χ3n) is 1.81. The Balaban J connectivity index is 2.41. The molecule has 1 heterocycles. The van der Waals surface area contributed by atoms with Gasteiger partial charge in [0.1, 0.15) is 0 Å². The second kappa shape index (κ2) is 4.99. The maximum Gasteiger partial charge on any atom is 0.227 e. The summed E-state index contributed by atoms with van der Waals surface area (Å²) in [5, 5.41) is 5.66. The molecule has 0 spiro atoms. The second-order valence-electron chi connectivity index (χ2n) is 2.94. The molecule has 0 fully saturated rings. The van der Waals surface area contributed by atoms with Crippen molar-refractivity contribution in [3.63, 3.8) is 0 Å². The molecule has 1 atom stereocenters. The Labute approximate surface area is 81.9 Å². The van der Waals surface area contributed by atoms with Crippen LogP contribution in [0.2, 0.25) is 0 Å². The minimum absolute atomic E-state index is 0.00731. The predicted molar refractivity (Wildman–Crippen MR) is 55.8 cm³/mol. The van der Waals surface area contributed by atoms with Crippen LogP contribution in [0.3, 0.4) is 0 Å². The third kappa shape index (κ3) is 3.16. The first-order valence-electron chi connectivity index (χ1n) is 4.28. The highest BCUT2D eigenvalue weighted by molar-refractivity contribution is 7.14. The molecule has 1 aromatic rings. The Hall–Kier alpha value is -0.870. The van der Waals surface area contributed by atoms with E-state index in [2.05, 4.69) is 5.32 Å². The van der Waals surface area contributed by atoms with Gasteiger partial charge in [0.2, 0.25) is 5.91 Å². The molecule has 0 aliphatic heterocycles. The summed E-state index contributed by atoms with van der Waals surface area (Å²) in [6.45, 7) is 2.44. The Morgan fingerprint density at radius 2 is 2.54 bits per heavy atom. The fourth-order valence-corrected chi connectivity index (χ4v) is 1.60. The van der Waals surface area contributed by atoms with Crippen molar-refractivity contribution in [3.05, 3.63) is 17.5 Å². The van der Waals surface area contributed by atoms with E-state index in [0.717, 1.165) is 11.4 Å². The largest absolute Gasteiger partial charge is 0.330 e. The quantitative estimate of drug-likeness (QED) is 0.773. The zero-order valence-corrected chi connectivity index (χ0v) is 8.43. The molecule has 0 aromatic carbocycles. The molecule has 0 saturated carbocycles. The highest BCUT2D eigenvalue weighted by Gasteiger charge is 2.11. The second-order valence-corrected chi connectivity index (χ2v) is 3.89. The number of hydrogen-bond donors (Lipinski definition) is 2. The number of nitrogens with one attached hydrogen (secondary N) is 1. The van der Waals surface area contributed by atoms with E-state index in [9.17, 15) is 4.79 Å². The summed E-state index contributed by atoms with van der Waals surface area (Å²) in [6.07, 6.45) is 0.733. The zero-order chi connectivity index (χ0) is 9.68. The molecule has 1 amide bonds. The van der Waals surface area contributed by atoms with Gasteiger partial charge in [-0.3, -0.25) is 4.79 Å². The Kier molecular flexibility index (Phi) is 3.92. The van der Waals surface area contributed by atoms with Crippen LogP contribution >= 0.6 is 11.3 Å². The zero-order valence-electron chi connectivity index (χ0n) is 7.62. The molecule has 0 radical (unpaired) electrons. The maximum atomic E-state index is 11.4. The summed E-state index contributed by atoms with van der Waals surface area (Å²) in [4.78, 5) is 11.4. The van der Waals surface area contributed by atoms with Crippen LogP contribution in [-0.2, 0) is 4.79 Å². The summed E-state index contributed by atoms with van der Waals surface area (Å²) in [7, 11) is 0. The minimum Gasteiger partial charge on any atom is -0.330 e. The van der Waals surface area contributed by atoms with Crippen molar-refractivity contribution in [2.75, 3.05) is 11.9 Å². The number of nitrogens with two attached hydrogens (primary N) is 1. The number of thiophene rings is 1. The van der Waals surface area contributed by atoms with Crippen molar-refractivity contribution in [1.29, 1.82) is 0 Å². The van der Waals surface area contributed by atoms with Crippen molar-refractivity contribution in [2.24, 2.45) is 11.7 Å². The van der Waals surface area contributed by atoms with Gasteiger partial charge in [-0.2, -0.15) is 0 Å². The number of anilines is 1. The highest BCUT2D eigenvalue weighted by atomic mass is 32.1. The summed E-state index contributed by atoms with van der Waals surface area (Å²) in [5.74, 6) is 0.0417. The number of amides is 1. The van der Waals surface area contributed by atoms with Crippen LogP contribution in [0.15, 0.2) is 17.5 Å². The summed E-state index contributed by atoms with van der Waals surface area (Å²) < 4.78 is 0. The van der Waals surface area contributed by atoms with Crippen molar-refractivity contribution in [3.8, 4) is 0 Å². The van der Waals surface area contributed by atoms with Gasteiger partial charge in [-0.1, -0.05) is 6.92 Å². The molecule has 0 aliphatic carbocycles. The van der Waals surface area contributed by atoms with Gasteiger partial charge >= 0.3 is 0 Å². The molecule has 1 aromatic heterocycles. The van der Waals surface area contributed by atoms with Gasteiger partial charge in [-0.15, -0.1) is 11.3 Å². The SMILES string of the molecule is CC(CCN)C(=O)Nc1cccs1. The van der Waals surface area contributed by atoms with E-state index in [1.807, 2.05) is 24.4 Å². The van der Waals surface area contributed by atoms with E-state index in [4.69, 9.17) is 5.73 Å². The Bertz CT molecular complexity index is 259. The Morgan fingerprint density at radius 3 is 3.08 bits per heavy atom. The molecule has 1 rings (SSSR count). The molecule has 1 unspecified atom stereocenters. The van der Waals surface area contributed by atoms with E-state index < -0.39 is 0 Å². The fourth-order valence-electron chi connectivity index (χ4n) is 0.975. The number of rotatable bonds is 4. The highest BCUT2D eigenvalue weighted by Crippen LogP contribution is 2.16. The lowest BCUT2D eigenvalue weighted by Gasteiger charge is -2.08. The first kappa shape index (κ1) is 10.2. The van der Waals surface area contributed by atoms with Crippen LogP contribution in [0.4, 0.5) is 5.00 Å². The average molecular weight is 198 g/mol. The number of hydrogen-bond acceptors (Lipinski definition) is 3. The van der Waals surface area contributed by atoms with Crippen LogP contribution in [0.25, 0.3) is 0 Å². The van der Waals surface area contributed by atoms with E-state index in [1.165, 1.54) is 11.3 Å². The molecular weight excluding hydrogens is 184 g/mol. The van der Waals surface area contributed by atoms with Gasteiger partial charge < -0.3 is 11.1 Å². The van der Waals surface area contributed by atoms with E-state index >= 15 is 0 Å². The molecule has 0 aliphatic rings. The number of carbonyl (C=O) groups is 1. The summed E-state index contributed by atoms with van der Waals surface area (Å²) >= 11 is 1.52. The smallest absolute Gasteiger partial charge is 0.227 e. The van der Waals surface area contributed by atoms with Crippen molar-refractivity contribution >= 4 is 22.2 Å². The van der Waals surface area contributed by atoms with Crippen LogP contribution in [0.1, 0.15) is 13.3 Å². The predicted octanol–water partition coefficient (Wildman–Crippen LogP) is 1.67. The summed E-state index contributed by atoms with van der Waals surface area (Å²) in [5.41, 5.74) is 5.36. The normalized spacial score (nSPS) is 12.5. The van der Waals surface area contributed by atoms with Gasteiger partial charge in [0.25, 0.3) is 0 Å². The summed E-state index contributed by atoms with van der Waals surface area (Å²) in [6, 6.07) is 3.80. The fraction of sp³-hybridized carbons (Fsp3) is 0.444. The first-order chi connectivity index (χ1) is 6.24. The van der Waals surface area contributed by atoms with Crippen LogP contribution < -0.4 is 11.1 Å². The van der Waals surface area contributed by atoms with Gasteiger partial charge in [-0.25, -0.2) is 0 Å². The molecule has 72 valence electrons. The molecular formula is C9H14N2OS. The topological polar surface area (TPSA) is 55.1 Å².